The molecule has 218 valence electrons. The van der Waals surface area contributed by atoms with Crippen molar-refractivity contribution >= 4 is 33.6 Å². The van der Waals surface area contributed by atoms with Gasteiger partial charge in [0.25, 0.3) is 5.75 Å². The summed E-state index contributed by atoms with van der Waals surface area (Å²) in [6, 6.07) is 16.5. The van der Waals surface area contributed by atoms with E-state index in [4.69, 9.17) is 4.74 Å². The maximum absolute atomic E-state index is 13.4. The van der Waals surface area contributed by atoms with Crippen molar-refractivity contribution in [2.24, 2.45) is 5.92 Å². The van der Waals surface area contributed by atoms with E-state index >= 15 is 0 Å². The number of amides is 1. The number of halogens is 1. The smallest absolute Gasteiger partial charge is 0.324 e. The monoisotopic (exact) mass is 639 g/mol. The number of carbonyl (C=O) groups is 1. The molecule has 3 saturated heterocycles. The van der Waals surface area contributed by atoms with Crippen molar-refractivity contribution in [1.29, 1.82) is 0 Å². The molecule has 0 saturated carbocycles. The van der Waals surface area contributed by atoms with Crippen LogP contribution in [0, 0.1) is 12.8 Å². The maximum atomic E-state index is 13.4. The number of hydrogen-bond donors (Lipinski definition) is 3. The van der Waals surface area contributed by atoms with Crippen LogP contribution in [-0.2, 0) is 4.79 Å². The fourth-order valence-electron chi connectivity index (χ4n) is 7.16. The van der Waals surface area contributed by atoms with Crippen LogP contribution in [0.1, 0.15) is 67.7 Å². The van der Waals surface area contributed by atoms with E-state index in [0.717, 1.165) is 42.6 Å². The maximum Gasteiger partial charge on any atom is 0.324 e. The predicted octanol–water partition coefficient (Wildman–Crippen LogP) is 3.28. The number of aryl methyl sites for hydroxylation is 1. The molecule has 41 heavy (non-hydrogen) atoms. The SMILES string of the molecule is Cc1ccc(C2C=CC=C3SC(C(=O)[NH2+]C4CC[NH+]([C@@H](C)c5ccc([OH+]C6CC[NH2+]CC6)c(Br)c5)CC4)CC32)cc1. The first-order chi connectivity index (χ1) is 19.9. The van der Waals surface area contributed by atoms with Crippen LogP contribution in [0.15, 0.2) is 70.1 Å². The number of aliphatic hydroxyl groups is 1. The number of piperidine rings is 2. The molecule has 3 heterocycles. The van der Waals surface area contributed by atoms with Crippen LogP contribution in [0.5, 0.6) is 5.75 Å². The highest BCUT2D eigenvalue weighted by atomic mass is 79.9. The zero-order valence-electron chi connectivity index (χ0n) is 24.4. The molecular weight excluding hydrogens is 594 g/mol. The number of hydrogen-bond acceptors (Lipinski definition) is 2. The van der Waals surface area contributed by atoms with Crippen LogP contribution < -0.4 is 15.5 Å². The van der Waals surface area contributed by atoms with Crippen molar-refractivity contribution in [3.05, 3.63) is 86.8 Å². The van der Waals surface area contributed by atoms with E-state index in [1.54, 1.807) is 4.90 Å². The van der Waals surface area contributed by atoms with Gasteiger partial charge in [-0.1, -0.05) is 48.1 Å². The van der Waals surface area contributed by atoms with Gasteiger partial charge in [0.1, 0.15) is 21.8 Å². The highest BCUT2D eigenvalue weighted by Crippen LogP contribution is 2.50. The van der Waals surface area contributed by atoms with Gasteiger partial charge in [-0.25, -0.2) is 4.79 Å². The van der Waals surface area contributed by atoms with Gasteiger partial charge in [0.15, 0.2) is 6.10 Å². The summed E-state index contributed by atoms with van der Waals surface area (Å²) in [5.74, 6) is 2.26. The Bertz CT molecular complexity index is 1280. The van der Waals surface area contributed by atoms with Gasteiger partial charge < -0.3 is 15.0 Å². The molecule has 3 unspecified atom stereocenters. The van der Waals surface area contributed by atoms with Crippen LogP contribution in [0.3, 0.4) is 0 Å². The quantitative estimate of drug-likeness (QED) is 0.407. The Morgan fingerprint density at radius 2 is 1.85 bits per heavy atom. The van der Waals surface area contributed by atoms with Crippen LogP contribution in [0.4, 0.5) is 0 Å². The summed E-state index contributed by atoms with van der Waals surface area (Å²) in [6.07, 6.45) is 12.7. The first-order valence-corrected chi connectivity index (χ1v) is 17.3. The number of nitrogens with one attached hydrogen (secondary N) is 1. The van der Waals surface area contributed by atoms with Crippen molar-refractivity contribution in [2.75, 3.05) is 26.2 Å². The lowest BCUT2D eigenvalue weighted by molar-refractivity contribution is -0.939. The Balaban J connectivity index is 0.992. The van der Waals surface area contributed by atoms with Crippen LogP contribution in [0.2, 0.25) is 0 Å². The van der Waals surface area contributed by atoms with Gasteiger partial charge in [-0.3, -0.25) is 5.32 Å². The average molecular weight is 641 g/mol. The molecule has 3 fully saturated rings. The fraction of sp³-hybridized carbons (Fsp3) is 0.500. The molecule has 6 rings (SSSR count). The van der Waals surface area contributed by atoms with Crippen molar-refractivity contribution in [3.63, 3.8) is 0 Å². The minimum Gasteiger partial charge on any atom is -0.579 e. The lowest BCUT2D eigenvalue weighted by Gasteiger charge is -2.32. The molecule has 2 aromatic carbocycles. The summed E-state index contributed by atoms with van der Waals surface area (Å²) < 4.78 is 6.15. The van der Waals surface area contributed by atoms with E-state index in [2.05, 4.69) is 101 Å². The molecule has 0 bridgehead atoms. The van der Waals surface area contributed by atoms with Crippen molar-refractivity contribution in [3.8, 4) is 5.75 Å². The number of thioether (sulfide) groups is 1. The highest BCUT2D eigenvalue weighted by Gasteiger charge is 2.42. The zero-order chi connectivity index (χ0) is 28.3. The lowest BCUT2D eigenvalue weighted by Crippen LogP contribution is -3.15. The molecule has 3 aliphatic heterocycles. The number of ether oxygens (including phenoxy) is 1. The van der Waals surface area contributed by atoms with Gasteiger partial charge in [0.2, 0.25) is 0 Å². The Labute approximate surface area is 257 Å². The number of benzene rings is 2. The number of quaternary nitrogens is 3. The fourth-order valence-corrected chi connectivity index (χ4v) is 9.06. The van der Waals surface area contributed by atoms with Crippen molar-refractivity contribution < 1.29 is 25.1 Å². The van der Waals surface area contributed by atoms with Crippen molar-refractivity contribution in [1.82, 2.24) is 0 Å². The number of nitrogens with two attached hydrogens (primary N) is 2. The van der Waals surface area contributed by atoms with E-state index in [1.165, 1.54) is 47.5 Å². The number of primary amides is 1. The predicted molar refractivity (Wildman–Crippen MR) is 170 cm³/mol. The van der Waals surface area contributed by atoms with Gasteiger partial charge >= 0.3 is 5.91 Å². The summed E-state index contributed by atoms with van der Waals surface area (Å²) in [5, 5.41) is 4.56. The number of carbonyl (C=O) groups excluding carboxylic acids is 1. The summed E-state index contributed by atoms with van der Waals surface area (Å²) in [5.41, 5.74) is 4.03. The second kappa shape index (κ2) is 13.2. The number of aromatic hydroxyl groups is 1. The van der Waals surface area contributed by atoms with Crippen LogP contribution in [-0.4, -0.2) is 54.2 Å². The van der Waals surface area contributed by atoms with Gasteiger partial charge in [0.05, 0.1) is 39.0 Å². The van der Waals surface area contributed by atoms with Crippen LogP contribution >= 0.6 is 27.7 Å². The molecule has 1 aliphatic carbocycles. The third-order valence-corrected chi connectivity index (χ3v) is 11.8. The number of allylic oxidation sites excluding steroid dienone is 4. The van der Waals surface area contributed by atoms with Crippen molar-refractivity contribution in [2.45, 2.75) is 75.3 Å². The second-order valence-electron chi connectivity index (χ2n) is 12.6. The lowest BCUT2D eigenvalue weighted by atomic mass is 9.80. The Morgan fingerprint density at radius 3 is 2.59 bits per heavy atom. The van der Waals surface area contributed by atoms with Gasteiger partial charge in [-0.15, -0.1) is 11.8 Å². The average Bonchev–Trinajstić information content (AvgIpc) is 3.44. The first-order valence-electron chi connectivity index (χ1n) is 15.6. The van der Waals surface area contributed by atoms with Gasteiger partial charge in [-0.2, -0.15) is 0 Å². The van der Waals surface area contributed by atoms with Crippen LogP contribution in [0.25, 0.3) is 0 Å². The molecule has 4 atom stereocenters. The van der Waals surface area contributed by atoms with E-state index in [1.807, 2.05) is 11.8 Å². The van der Waals surface area contributed by atoms with E-state index < -0.39 is 0 Å². The molecule has 4 aliphatic rings. The molecule has 0 radical (unpaired) electrons. The van der Waals surface area contributed by atoms with E-state index in [9.17, 15) is 4.79 Å². The minimum atomic E-state index is 0.0661. The number of rotatable bonds is 7. The third-order valence-electron chi connectivity index (χ3n) is 9.79. The largest absolute Gasteiger partial charge is 0.579 e. The Kier molecular flexibility index (Phi) is 9.38. The van der Waals surface area contributed by atoms with Gasteiger partial charge in [-0.05, 0) is 58.8 Å². The standard InChI is InChI=1S/C34H42BrN3O2S/c1-22-6-8-24(9-7-22)28-4-3-5-32-29(28)21-33(41-32)34(39)37-26-14-18-38(19-15-26)23(2)25-10-11-31(30(35)20-25)40-27-12-16-36-17-13-27/h3-11,20,23,26-29,33,36H,12-19,21H2,1-2H3,(H,37,39)/p+4/t23-,28?,29?,33?/m0/s1. The summed E-state index contributed by atoms with van der Waals surface area (Å²) in [6.45, 7) is 9.09. The highest BCUT2D eigenvalue weighted by molar-refractivity contribution is 9.10. The molecular formula is C34H46BrN3O2S+4. The molecule has 6 N–H and O–H groups in total. The van der Waals surface area contributed by atoms with E-state index in [-0.39, 0.29) is 5.25 Å². The summed E-state index contributed by atoms with van der Waals surface area (Å²) >= 11 is 5.63. The Hall–Kier alpha value is -1.90. The molecule has 7 heteroatoms. The second-order valence-corrected chi connectivity index (χ2v) is 14.7. The molecule has 0 spiro atoms. The minimum absolute atomic E-state index is 0.0661. The summed E-state index contributed by atoms with van der Waals surface area (Å²) in [4.78, 5) is 16.5. The normalized spacial score (nSPS) is 29.0. The summed E-state index contributed by atoms with van der Waals surface area (Å²) in [7, 11) is 0. The topological polar surface area (TPSA) is 67.5 Å². The molecule has 1 amide bonds. The number of fused-ring (bicyclic) bond motifs is 1. The van der Waals surface area contributed by atoms with Gasteiger partial charge in [0, 0.05) is 36.3 Å². The first kappa shape index (κ1) is 29.2. The molecule has 2 aromatic rings. The molecule has 0 aromatic heterocycles. The third kappa shape index (κ3) is 6.86. The zero-order valence-corrected chi connectivity index (χ0v) is 26.8. The Morgan fingerprint density at radius 1 is 1.10 bits per heavy atom. The van der Waals surface area contributed by atoms with E-state index in [0.29, 0.717) is 35.9 Å². The number of likely N-dealkylation sites (tertiary alicyclic amines) is 1. The molecule has 5 nitrogen and oxygen atoms in total.